The van der Waals surface area contributed by atoms with Crippen LogP contribution in [0.3, 0.4) is 0 Å². The predicted octanol–water partition coefficient (Wildman–Crippen LogP) is 5.88. The topological polar surface area (TPSA) is 69.4 Å². The fraction of sp³-hybridized carbons (Fsp3) is 0.222. The molecule has 0 bridgehead atoms. The number of halogens is 2. The van der Waals surface area contributed by atoms with Gasteiger partial charge in [0.25, 0.3) is 11.5 Å². The van der Waals surface area contributed by atoms with Crippen molar-refractivity contribution in [2.75, 3.05) is 12.0 Å². The molecule has 0 radical (unpaired) electrons. The minimum Gasteiger partial charge on any atom is -0.496 e. The Bertz CT molecular complexity index is 1650. The molecule has 36 heavy (non-hydrogen) atoms. The van der Waals surface area contributed by atoms with Gasteiger partial charge in [-0.3, -0.25) is 14.5 Å². The van der Waals surface area contributed by atoms with E-state index in [1.54, 1.807) is 37.4 Å². The number of aryl methyl sites for hydroxylation is 1. The van der Waals surface area contributed by atoms with Crippen molar-refractivity contribution in [2.45, 2.75) is 25.9 Å². The number of amides is 1. The molecule has 2 aliphatic heterocycles. The first kappa shape index (κ1) is 22.9. The number of para-hydroxylation sites is 1. The zero-order chi connectivity index (χ0) is 25.5. The van der Waals surface area contributed by atoms with Crippen LogP contribution in [0.2, 0.25) is 10.0 Å². The Morgan fingerprint density at radius 2 is 1.81 bits per heavy atom. The Balaban J connectivity index is 1.69. The van der Waals surface area contributed by atoms with Gasteiger partial charge in [0.2, 0.25) is 0 Å². The summed E-state index contributed by atoms with van der Waals surface area (Å²) in [7, 11) is 3.24. The number of carbonyl (C=O) groups excluding carboxylic acids is 1. The Labute approximate surface area is 217 Å². The van der Waals surface area contributed by atoms with Crippen LogP contribution >= 0.6 is 23.2 Å². The number of benzene rings is 2. The fourth-order valence-corrected chi connectivity index (χ4v) is 5.90. The first-order valence-corrected chi connectivity index (χ1v) is 12.3. The molecule has 9 heteroatoms. The van der Waals surface area contributed by atoms with Gasteiger partial charge in [-0.05, 0) is 49.2 Å². The number of anilines is 1. The van der Waals surface area contributed by atoms with Gasteiger partial charge in [0.15, 0.2) is 5.69 Å². The van der Waals surface area contributed by atoms with Gasteiger partial charge < -0.3 is 13.9 Å². The Morgan fingerprint density at radius 1 is 1.06 bits per heavy atom. The highest BCUT2D eigenvalue weighted by Gasteiger charge is 2.49. The van der Waals surface area contributed by atoms with E-state index in [1.165, 1.54) is 4.57 Å². The van der Waals surface area contributed by atoms with Crippen LogP contribution in [0, 0.1) is 0 Å². The number of fused-ring (bicyclic) bond motifs is 8. The molecule has 0 saturated carbocycles. The molecular formula is C27H22Cl2N4O3. The second kappa shape index (κ2) is 7.98. The number of methoxy groups -OCH3 is 1. The number of nitrogens with zero attached hydrogens (tertiary/aromatic N) is 4. The van der Waals surface area contributed by atoms with E-state index in [0.717, 1.165) is 22.4 Å². The highest BCUT2D eigenvalue weighted by Crippen LogP contribution is 2.54. The van der Waals surface area contributed by atoms with Gasteiger partial charge in [-0.15, -0.1) is 0 Å². The monoisotopic (exact) mass is 520 g/mol. The number of aromatic nitrogens is 3. The molecule has 7 nitrogen and oxygen atoms in total. The van der Waals surface area contributed by atoms with Crippen LogP contribution in [0.1, 0.15) is 47.7 Å². The third kappa shape index (κ3) is 2.96. The summed E-state index contributed by atoms with van der Waals surface area (Å²) in [6.45, 7) is 4.13. The Morgan fingerprint density at radius 3 is 2.53 bits per heavy atom. The average Bonchev–Trinajstić information content (AvgIpc) is 3.38. The lowest BCUT2D eigenvalue weighted by atomic mass is 9.88. The van der Waals surface area contributed by atoms with Crippen LogP contribution in [0.25, 0.3) is 22.5 Å². The first-order valence-electron chi connectivity index (χ1n) is 11.5. The van der Waals surface area contributed by atoms with Crippen LogP contribution in [0.15, 0.2) is 53.5 Å². The zero-order valence-corrected chi connectivity index (χ0v) is 21.6. The van der Waals surface area contributed by atoms with E-state index in [2.05, 4.69) is 18.4 Å². The van der Waals surface area contributed by atoms with Crippen LogP contribution in [-0.2, 0) is 7.05 Å². The van der Waals surface area contributed by atoms with Gasteiger partial charge in [-0.25, -0.2) is 4.98 Å². The highest BCUT2D eigenvalue weighted by atomic mass is 35.5. The van der Waals surface area contributed by atoms with Crippen molar-refractivity contribution in [3.05, 3.63) is 86.0 Å². The molecule has 0 aliphatic carbocycles. The van der Waals surface area contributed by atoms with E-state index in [1.807, 2.05) is 30.3 Å². The van der Waals surface area contributed by atoms with Gasteiger partial charge in [0.1, 0.15) is 22.6 Å². The highest BCUT2D eigenvalue weighted by molar-refractivity contribution is 6.35. The SMILES string of the molecule is COc1ccccc1-c1nc2c(n1C(C)C)C1c3ccc(Cl)cc3-c3c(cn(C)c(=O)c3Cl)N1C2=O. The standard InChI is InChI=1S/C27H22Cl2N4O3/c1-13(2)32-24-22(30-25(32)16-7-5-6-8-19(16)36-4)27(35)33-18-12-31(3)26(34)21(29)20(18)17-11-14(28)9-10-15(17)23(24)33/h5-13,23H,1-4H3. The summed E-state index contributed by atoms with van der Waals surface area (Å²) in [5, 5.41) is 0.567. The summed E-state index contributed by atoms with van der Waals surface area (Å²) in [5.41, 5.74) is 4.25. The van der Waals surface area contributed by atoms with Crippen LogP contribution in [0.4, 0.5) is 5.69 Å². The maximum absolute atomic E-state index is 14.0. The minimum absolute atomic E-state index is 0.00484. The second-order valence-electron chi connectivity index (χ2n) is 9.26. The van der Waals surface area contributed by atoms with Crippen molar-refractivity contribution in [3.8, 4) is 28.3 Å². The largest absolute Gasteiger partial charge is 0.496 e. The molecule has 1 unspecified atom stereocenters. The molecular weight excluding hydrogens is 499 g/mol. The lowest BCUT2D eigenvalue weighted by Crippen LogP contribution is -2.35. The number of pyridine rings is 1. The van der Waals surface area contributed by atoms with Crippen LogP contribution in [0.5, 0.6) is 5.75 Å². The molecule has 2 aromatic carbocycles. The maximum Gasteiger partial charge on any atom is 0.279 e. The van der Waals surface area contributed by atoms with Crippen molar-refractivity contribution >= 4 is 34.8 Å². The summed E-state index contributed by atoms with van der Waals surface area (Å²) < 4.78 is 9.11. The smallest absolute Gasteiger partial charge is 0.279 e. The van der Waals surface area contributed by atoms with Crippen LogP contribution in [-0.4, -0.2) is 27.1 Å². The van der Waals surface area contributed by atoms with Crippen molar-refractivity contribution < 1.29 is 9.53 Å². The first-order chi connectivity index (χ1) is 17.2. The molecule has 0 saturated heterocycles. The van der Waals surface area contributed by atoms with Crippen molar-refractivity contribution in [1.29, 1.82) is 0 Å². The number of rotatable bonds is 3. The third-order valence-electron chi connectivity index (χ3n) is 6.89. The molecule has 0 fully saturated rings. The maximum atomic E-state index is 14.0. The molecule has 2 aromatic heterocycles. The molecule has 182 valence electrons. The second-order valence-corrected chi connectivity index (χ2v) is 10.1. The van der Waals surface area contributed by atoms with Gasteiger partial charge in [0, 0.05) is 29.9 Å². The van der Waals surface area contributed by atoms with Gasteiger partial charge >= 0.3 is 0 Å². The molecule has 2 aliphatic rings. The van der Waals surface area contributed by atoms with Gasteiger partial charge in [0.05, 0.1) is 24.1 Å². The molecule has 4 heterocycles. The molecule has 0 N–H and O–H groups in total. The quantitative estimate of drug-likeness (QED) is 0.338. The van der Waals surface area contributed by atoms with E-state index in [4.69, 9.17) is 32.9 Å². The molecule has 6 rings (SSSR count). The predicted molar refractivity (Wildman–Crippen MR) is 140 cm³/mol. The van der Waals surface area contributed by atoms with Crippen molar-refractivity contribution in [1.82, 2.24) is 14.1 Å². The molecule has 1 amide bonds. The third-order valence-corrected chi connectivity index (χ3v) is 7.48. The van der Waals surface area contributed by atoms with Gasteiger partial charge in [-0.2, -0.15) is 0 Å². The van der Waals surface area contributed by atoms with E-state index in [-0.39, 0.29) is 22.5 Å². The van der Waals surface area contributed by atoms with Crippen LogP contribution < -0.4 is 15.2 Å². The lowest BCUT2D eigenvalue weighted by Gasteiger charge is -2.35. The van der Waals surface area contributed by atoms with E-state index in [9.17, 15) is 9.59 Å². The summed E-state index contributed by atoms with van der Waals surface area (Å²) in [5.74, 6) is 1.10. The minimum atomic E-state index is -0.459. The Kier molecular flexibility index (Phi) is 5.07. The van der Waals surface area contributed by atoms with E-state index >= 15 is 0 Å². The number of carbonyl (C=O) groups is 1. The van der Waals surface area contributed by atoms with Crippen molar-refractivity contribution in [2.24, 2.45) is 7.05 Å². The van der Waals surface area contributed by atoms with Crippen molar-refractivity contribution in [3.63, 3.8) is 0 Å². The molecule has 4 aromatic rings. The summed E-state index contributed by atoms with van der Waals surface area (Å²) in [4.78, 5) is 33.3. The lowest BCUT2D eigenvalue weighted by molar-refractivity contribution is 0.0989. The number of hydrogen-bond acceptors (Lipinski definition) is 4. The van der Waals surface area contributed by atoms with E-state index < -0.39 is 6.04 Å². The molecule has 1 atom stereocenters. The van der Waals surface area contributed by atoms with Gasteiger partial charge in [-0.1, -0.05) is 41.4 Å². The average molecular weight is 521 g/mol. The fourth-order valence-electron chi connectivity index (χ4n) is 5.40. The number of ether oxygens (including phenoxy) is 1. The number of imidazole rings is 1. The molecule has 0 spiro atoms. The summed E-state index contributed by atoms with van der Waals surface area (Å²) >= 11 is 13.0. The van der Waals surface area contributed by atoms with E-state index in [0.29, 0.717) is 33.5 Å². The number of hydrogen-bond donors (Lipinski definition) is 0. The normalized spacial score (nSPS) is 15.6. The Hall–Kier alpha value is -3.55. The summed E-state index contributed by atoms with van der Waals surface area (Å²) in [6, 6.07) is 12.7. The summed E-state index contributed by atoms with van der Waals surface area (Å²) in [6.07, 6.45) is 1.66. The zero-order valence-electron chi connectivity index (χ0n) is 20.0.